The summed E-state index contributed by atoms with van der Waals surface area (Å²) in [6.45, 7) is 0.697. The van der Waals surface area contributed by atoms with Gasteiger partial charge in [-0.1, -0.05) is 48.7 Å². The Morgan fingerprint density at radius 3 is 1.16 bits per heavy atom. The molecule has 0 aromatic heterocycles. The van der Waals surface area contributed by atoms with Gasteiger partial charge >= 0.3 is 0 Å². The highest BCUT2D eigenvalue weighted by molar-refractivity contribution is 7.05. The second-order valence-electron chi connectivity index (χ2n) is 6.84. The molecule has 0 amide bonds. The van der Waals surface area contributed by atoms with Crippen LogP contribution in [0.3, 0.4) is 0 Å². The van der Waals surface area contributed by atoms with Crippen molar-refractivity contribution < 1.29 is 43.9 Å². The normalized spacial score (nSPS) is 12.1. The first-order valence-electron chi connectivity index (χ1n) is 8.71. The number of benzene rings is 3. The largest absolute Gasteiger partial charge is 0.204 e. The van der Waals surface area contributed by atoms with Crippen molar-refractivity contribution in [1.29, 1.82) is 0 Å². The molecule has 32 heavy (non-hydrogen) atoms. The van der Waals surface area contributed by atoms with Gasteiger partial charge in [-0.3, -0.25) is 0 Å². The van der Waals surface area contributed by atoms with Gasteiger partial charge in [0.2, 0.25) is 11.6 Å². The van der Waals surface area contributed by atoms with Gasteiger partial charge in [-0.05, 0) is 5.56 Å². The highest BCUT2D eigenvalue weighted by atomic mass is 28.3. The minimum atomic E-state index is -5.01. The molecule has 3 aromatic rings. The third kappa shape index (κ3) is 3.59. The van der Waals surface area contributed by atoms with E-state index in [0.29, 0.717) is 6.55 Å². The van der Waals surface area contributed by atoms with E-state index in [2.05, 4.69) is 0 Å². The van der Waals surface area contributed by atoms with Gasteiger partial charge in [0.1, 0.15) is 0 Å². The Morgan fingerprint density at radius 1 is 0.500 bits per heavy atom. The lowest BCUT2D eigenvalue weighted by Gasteiger charge is -2.27. The Bertz CT molecular complexity index is 1110. The van der Waals surface area contributed by atoms with E-state index in [1.54, 1.807) is 6.07 Å². The van der Waals surface area contributed by atoms with Crippen LogP contribution in [-0.4, -0.2) is 8.07 Å². The predicted molar refractivity (Wildman–Crippen MR) is 98.8 cm³/mol. The summed E-state index contributed by atoms with van der Waals surface area (Å²) >= 11 is 0. The standard InChI is InChI=1S/C21H10F10Si/c1-32(8-7-9-5-3-2-4-6-9,20-16(28)12(24)10(22)13(25)17(20)29)21-18(30)14(26)11(23)15(27)19(21)31/h2-8H,1H3. The molecular formula is C21H10F10Si. The Balaban J connectivity index is 2.48. The number of hydrogen-bond acceptors (Lipinski definition) is 0. The molecule has 0 aliphatic heterocycles. The third-order valence-electron chi connectivity index (χ3n) is 4.87. The quantitative estimate of drug-likeness (QED) is 0.200. The molecule has 0 bridgehead atoms. The molecule has 3 rings (SSSR count). The molecule has 0 saturated carbocycles. The van der Waals surface area contributed by atoms with E-state index in [0.717, 1.165) is 11.8 Å². The smallest absolute Gasteiger partial charge is 0.200 e. The molecule has 0 heterocycles. The van der Waals surface area contributed by atoms with Crippen molar-refractivity contribution in [1.82, 2.24) is 0 Å². The molecule has 3 aromatic carbocycles. The molecule has 0 nitrogen and oxygen atoms in total. The zero-order valence-corrected chi connectivity index (χ0v) is 16.8. The Hall–Kier alpha value is -3.08. The van der Waals surface area contributed by atoms with Crippen LogP contribution in [0, 0.1) is 58.2 Å². The van der Waals surface area contributed by atoms with Crippen molar-refractivity contribution in [2.75, 3.05) is 0 Å². The molecule has 0 atom stereocenters. The van der Waals surface area contributed by atoms with Gasteiger partial charge in [0.05, 0.1) is 0 Å². The molecule has 0 spiro atoms. The van der Waals surface area contributed by atoms with Crippen LogP contribution in [0.25, 0.3) is 6.08 Å². The van der Waals surface area contributed by atoms with Crippen LogP contribution in [0.1, 0.15) is 5.56 Å². The molecule has 11 heteroatoms. The summed E-state index contributed by atoms with van der Waals surface area (Å²) < 4.78 is 141. The predicted octanol–water partition coefficient (Wildman–Crippen LogP) is 5.52. The highest BCUT2D eigenvalue weighted by Gasteiger charge is 2.45. The van der Waals surface area contributed by atoms with Gasteiger partial charge < -0.3 is 0 Å². The maximum absolute atomic E-state index is 14.6. The second-order valence-corrected chi connectivity index (χ2v) is 10.6. The molecule has 0 radical (unpaired) electrons. The van der Waals surface area contributed by atoms with Crippen molar-refractivity contribution in [3.05, 3.63) is 99.8 Å². The summed E-state index contributed by atoms with van der Waals surface area (Å²) in [5.74, 6) is -24.5. The van der Waals surface area contributed by atoms with Crippen LogP contribution in [0.15, 0.2) is 36.0 Å². The number of rotatable bonds is 4. The van der Waals surface area contributed by atoms with E-state index in [4.69, 9.17) is 0 Å². The molecule has 0 aliphatic rings. The van der Waals surface area contributed by atoms with Crippen LogP contribution in [0.4, 0.5) is 43.9 Å². The topological polar surface area (TPSA) is 0 Å². The van der Waals surface area contributed by atoms with Crippen LogP contribution in [0.2, 0.25) is 6.55 Å². The van der Waals surface area contributed by atoms with Gasteiger partial charge in [0.25, 0.3) is 0 Å². The second kappa shape index (κ2) is 8.45. The van der Waals surface area contributed by atoms with E-state index in [9.17, 15) is 43.9 Å². The lowest BCUT2D eigenvalue weighted by Crippen LogP contribution is -2.60. The fourth-order valence-corrected chi connectivity index (χ4v) is 6.61. The maximum atomic E-state index is 14.6. The van der Waals surface area contributed by atoms with Crippen molar-refractivity contribution >= 4 is 24.5 Å². The van der Waals surface area contributed by atoms with Crippen molar-refractivity contribution in [2.45, 2.75) is 6.55 Å². The van der Waals surface area contributed by atoms with Crippen LogP contribution in [0.5, 0.6) is 0 Å². The zero-order valence-electron chi connectivity index (χ0n) is 15.8. The molecule has 0 unspecified atom stereocenters. The molecular weight excluding hydrogens is 470 g/mol. The average Bonchev–Trinajstić information content (AvgIpc) is 2.78. The van der Waals surface area contributed by atoms with Crippen molar-refractivity contribution in [3.8, 4) is 0 Å². The van der Waals surface area contributed by atoms with Crippen molar-refractivity contribution in [3.63, 3.8) is 0 Å². The Morgan fingerprint density at radius 2 is 0.812 bits per heavy atom. The van der Waals surface area contributed by atoms with Gasteiger partial charge in [-0.25, -0.2) is 43.9 Å². The van der Waals surface area contributed by atoms with Crippen LogP contribution in [-0.2, 0) is 0 Å². The first-order chi connectivity index (χ1) is 14.9. The Labute approximate surface area is 175 Å². The van der Waals surface area contributed by atoms with E-state index < -0.39 is 76.6 Å². The van der Waals surface area contributed by atoms with E-state index in [1.165, 1.54) is 24.3 Å². The van der Waals surface area contributed by atoms with E-state index >= 15 is 0 Å². The van der Waals surface area contributed by atoms with E-state index in [1.807, 2.05) is 0 Å². The first-order valence-corrected chi connectivity index (χ1v) is 11.3. The summed E-state index contributed by atoms with van der Waals surface area (Å²) in [7, 11) is -5.01. The van der Waals surface area contributed by atoms with Gasteiger partial charge in [0.15, 0.2) is 54.6 Å². The third-order valence-corrected chi connectivity index (χ3v) is 8.66. The fourth-order valence-electron chi connectivity index (χ4n) is 3.24. The highest BCUT2D eigenvalue weighted by Crippen LogP contribution is 2.25. The summed E-state index contributed by atoms with van der Waals surface area (Å²) in [5, 5.41) is -3.33. The number of hydrogen-bond donors (Lipinski definition) is 0. The number of halogens is 10. The monoisotopic (exact) mass is 480 g/mol. The summed E-state index contributed by atoms with van der Waals surface area (Å²) in [5.41, 5.74) is 0.984. The molecule has 168 valence electrons. The minimum Gasteiger partial charge on any atom is -0.204 e. The lowest BCUT2D eigenvalue weighted by molar-refractivity contribution is 0.381. The Kier molecular flexibility index (Phi) is 6.23. The fraction of sp³-hybridized carbons (Fsp3) is 0.0476. The van der Waals surface area contributed by atoms with Crippen LogP contribution < -0.4 is 10.4 Å². The summed E-state index contributed by atoms with van der Waals surface area (Å²) in [6.07, 6.45) is 1.03. The van der Waals surface area contributed by atoms with Crippen LogP contribution >= 0.6 is 0 Å². The molecule has 0 fully saturated rings. The summed E-state index contributed by atoms with van der Waals surface area (Å²) in [6, 6.07) is 7.40. The summed E-state index contributed by atoms with van der Waals surface area (Å²) in [4.78, 5) is 0. The first kappa shape index (κ1) is 23.6. The molecule has 0 saturated heterocycles. The maximum Gasteiger partial charge on any atom is 0.200 e. The molecule has 0 aliphatic carbocycles. The average molecular weight is 480 g/mol. The van der Waals surface area contributed by atoms with Gasteiger partial charge in [-0.2, -0.15) is 0 Å². The SMILES string of the molecule is C[Si](C=Cc1ccccc1)(c1c(F)c(F)c(F)c(F)c1F)c1c(F)c(F)c(F)c(F)c1F. The lowest BCUT2D eigenvalue weighted by atomic mass is 10.2. The molecule has 0 N–H and O–H groups in total. The van der Waals surface area contributed by atoms with Gasteiger partial charge in [-0.15, -0.1) is 0 Å². The van der Waals surface area contributed by atoms with E-state index in [-0.39, 0.29) is 5.56 Å². The zero-order chi connectivity index (χ0) is 24.0. The van der Waals surface area contributed by atoms with Crippen molar-refractivity contribution in [2.24, 2.45) is 0 Å². The van der Waals surface area contributed by atoms with Gasteiger partial charge in [0, 0.05) is 10.4 Å². The minimum absolute atomic E-state index is 0.263.